The van der Waals surface area contributed by atoms with Gasteiger partial charge >= 0.3 is 5.97 Å². The van der Waals surface area contributed by atoms with E-state index in [1.165, 1.54) is 24.3 Å². The molecule has 0 spiro atoms. The number of nitrogens with zero attached hydrogens (tertiary/aromatic N) is 1. The molecule has 0 aromatic heterocycles. The molecule has 1 aliphatic rings. The first-order chi connectivity index (χ1) is 15.2. The van der Waals surface area contributed by atoms with Crippen LogP contribution in [0.3, 0.4) is 0 Å². The van der Waals surface area contributed by atoms with Crippen LogP contribution in [0, 0.1) is 5.92 Å². The van der Waals surface area contributed by atoms with Gasteiger partial charge in [0.05, 0.1) is 38.2 Å². The SMILES string of the molecule is O=C(COC(=O)[C@H]1CC(=O)N(NC(=O)c2ccc(Cl)c(Cl)c2)C1)Nc1cccc(Cl)c1Cl. The number of anilines is 1. The normalized spacial score (nSPS) is 15.4. The molecular weight excluding hydrogens is 504 g/mol. The summed E-state index contributed by atoms with van der Waals surface area (Å²) in [6.45, 7) is -0.686. The van der Waals surface area contributed by atoms with Crippen molar-refractivity contribution in [2.75, 3.05) is 18.5 Å². The number of hydrogen-bond acceptors (Lipinski definition) is 5. The van der Waals surface area contributed by atoms with E-state index in [0.29, 0.717) is 0 Å². The first kappa shape index (κ1) is 24.1. The van der Waals surface area contributed by atoms with Crippen LogP contribution in [0.25, 0.3) is 0 Å². The lowest BCUT2D eigenvalue weighted by Gasteiger charge is -2.17. The minimum Gasteiger partial charge on any atom is -0.455 e. The molecule has 0 unspecified atom stereocenters. The quantitative estimate of drug-likeness (QED) is 0.563. The zero-order valence-corrected chi connectivity index (χ0v) is 19.2. The summed E-state index contributed by atoms with van der Waals surface area (Å²) in [6, 6.07) is 8.95. The van der Waals surface area contributed by atoms with Gasteiger partial charge in [0.25, 0.3) is 11.8 Å². The standard InChI is InChI=1S/C20H15Cl4N3O5/c21-12-5-4-10(6-14(12)23)19(30)26-27-8-11(7-17(27)29)20(31)32-9-16(28)25-15-3-1-2-13(22)18(15)24/h1-6,11H,7-9H2,(H,25,28)(H,26,30)/t11-/m0/s1. The number of rotatable bonds is 6. The lowest BCUT2D eigenvalue weighted by Crippen LogP contribution is -2.43. The Labute approximate surface area is 202 Å². The zero-order valence-electron chi connectivity index (χ0n) is 16.2. The van der Waals surface area contributed by atoms with Crippen molar-refractivity contribution in [3.63, 3.8) is 0 Å². The van der Waals surface area contributed by atoms with Crippen LogP contribution in [0.2, 0.25) is 20.1 Å². The molecule has 1 atom stereocenters. The number of ether oxygens (including phenoxy) is 1. The van der Waals surface area contributed by atoms with Crippen LogP contribution in [0.15, 0.2) is 36.4 Å². The molecule has 0 saturated carbocycles. The van der Waals surface area contributed by atoms with Gasteiger partial charge in [0.15, 0.2) is 6.61 Å². The smallest absolute Gasteiger partial charge is 0.311 e. The molecule has 12 heteroatoms. The predicted octanol–water partition coefficient (Wildman–Crippen LogP) is 3.98. The van der Waals surface area contributed by atoms with Gasteiger partial charge in [-0.3, -0.25) is 29.6 Å². The highest BCUT2D eigenvalue weighted by molar-refractivity contribution is 6.44. The first-order valence-corrected chi connectivity index (χ1v) is 10.6. The molecule has 0 aliphatic carbocycles. The minimum absolute atomic E-state index is 0.105. The lowest BCUT2D eigenvalue weighted by molar-refractivity contribution is -0.151. The van der Waals surface area contributed by atoms with Gasteiger partial charge in [-0.15, -0.1) is 0 Å². The molecule has 3 amide bonds. The Balaban J connectivity index is 1.51. The molecule has 2 aromatic rings. The molecule has 3 rings (SSSR count). The summed E-state index contributed by atoms with van der Waals surface area (Å²) in [7, 11) is 0. The molecule has 2 N–H and O–H groups in total. The summed E-state index contributed by atoms with van der Waals surface area (Å²) in [5.74, 6) is -3.30. The van der Waals surface area contributed by atoms with Gasteiger partial charge in [0.1, 0.15) is 0 Å². The van der Waals surface area contributed by atoms with Crippen molar-refractivity contribution in [1.82, 2.24) is 10.4 Å². The Bertz CT molecular complexity index is 1090. The topological polar surface area (TPSA) is 105 Å². The van der Waals surface area contributed by atoms with E-state index in [0.717, 1.165) is 5.01 Å². The number of benzene rings is 2. The van der Waals surface area contributed by atoms with Gasteiger partial charge < -0.3 is 10.1 Å². The number of halogens is 4. The maximum Gasteiger partial charge on any atom is 0.311 e. The van der Waals surface area contributed by atoms with Crippen LogP contribution in [0.4, 0.5) is 5.69 Å². The fourth-order valence-corrected chi connectivity index (χ4v) is 3.49. The summed E-state index contributed by atoms with van der Waals surface area (Å²) in [5.41, 5.74) is 2.87. The molecule has 1 saturated heterocycles. The molecule has 1 heterocycles. The predicted molar refractivity (Wildman–Crippen MR) is 120 cm³/mol. The number of esters is 1. The van der Waals surface area contributed by atoms with E-state index in [-0.39, 0.29) is 44.3 Å². The van der Waals surface area contributed by atoms with Gasteiger partial charge in [-0.1, -0.05) is 52.5 Å². The molecular formula is C20H15Cl4N3O5. The zero-order chi connectivity index (χ0) is 23.4. The van der Waals surface area contributed by atoms with Gasteiger partial charge in [-0.2, -0.15) is 0 Å². The van der Waals surface area contributed by atoms with Crippen LogP contribution in [0.1, 0.15) is 16.8 Å². The molecule has 8 nitrogen and oxygen atoms in total. The van der Waals surface area contributed by atoms with Crippen molar-refractivity contribution in [1.29, 1.82) is 0 Å². The van der Waals surface area contributed by atoms with Crippen molar-refractivity contribution in [3.05, 3.63) is 62.1 Å². The lowest BCUT2D eigenvalue weighted by atomic mass is 10.1. The second-order valence-corrected chi connectivity index (χ2v) is 8.33. The van der Waals surface area contributed by atoms with Gasteiger partial charge in [-0.05, 0) is 30.3 Å². The summed E-state index contributed by atoms with van der Waals surface area (Å²) in [5, 5.41) is 4.38. The van der Waals surface area contributed by atoms with Gasteiger partial charge in [-0.25, -0.2) is 0 Å². The highest BCUT2D eigenvalue weighted by Gasteiger charge is 2.36. The Kier molecular flexibility index (Phi) is 7.84. The van der Waals surface area contributed by atoms with E-state index in [9.17, 15) is 19.2 Å². The fraction of sp³-hybridized carbons (Fsp3) is 0.200. The Morgan fingerprint density at radius 3 is 2.50 bits per heavy atom. The number of nitrogens with one attached hydrogen (secondary N) is 2. The van der Waals surface area contributed by atoms with Crippen LogP contribution < -0.4 is 10.7 Å². The van der Waals surface area contributed by atoms with Gasteiger partial charge in [0, 0.05) is 12.0 Å². The van der Waals surface area contributed by atoms with E-state index < -0.39 is 36.2 Å². The largest absolute Gasteiger partial charge is 0.455 e. The summed E-state index contributed by atoms with van der Waals surface area (Å²) >= 11 is 23.6. The number of carbonyl (C=O) groups excluding carboxylic acids is 4. The van der Waals surface area contributed by atoms with Crippen LogP contribution in [-0.4, -0.2) is 41.9 Å². The molecule has 1 fully saturated rings. The number of amides is 3. The third-order valence-corrected chi connectivity index (χ3v) is 6.01. The maximum absolute atomic E-state index is 12.3. The highest BCUT2D eigenvalue weighted by atomic mass is 35.5. The summed E-state index contributed by atoms with van der Waals surface area (Å²) in [4.78, 5) is 48.8. The highest BCUT2D eigenvalue weighted by Crippen LogP contribution is 2.29. The second kappa shape index (κ2) is 10.4. The van der Waals surface area contributed by atoms with E-state index in [2.05, 4.69) is 10.7 Å². The Morgan fingerprint density at radius 1 is 1.03 bits per heavy atom. The van der Waals surface area contributed by atoms with E-state index in [1.54, 1.807) is 12.1 Å². The monoisotopic (exact) mass is 517 g/mol. The molecule has 1 aliphatic heterocycles. The van der Waals surface area contributed by atoms with E-state index in [1.807, 2.05) is 0 Å². The molecule has 168 valence electrons. The number of carbonyl (C=O) groups is 4. The Hall–Kier alpha value is -2.52. The van der Waals surface area contributed by atoms with Crippen molar-refractivity contribution < 1.29 is 23.9 Å². The molecule has 2 aromatic carbocycles. The van der Waals surface area contributed by atoms with Crippen molar-refractivity contribution >= 4 is 75.8 Å². The second-order valence-electron chi connectivity index (χ2n) is 6.73. The van der Waals surface area contributed by atoms with Crippen LogP contribution >= 0.6 is 46.4 Å². The van der Waals surface area contributed by atoms with E-state index in [4.69, 9.17) is 51.1 Å². The number of hydrogen-bond donors (Lipinski definition) is 2. The summed E-state index contributed by atoms with van der Waals surface area (Å²) in [6.07, 6.45) is -0.178. The average molecular weight is 519 g/mol. The summed E-state index contributed by atoms with van der Waals surface area (Å²) < 4.78 is 4.99. The van der Waals surface area contributed by atoms with Gasteiger partial charge in [0.2, 0.25) is 5.91 Å². The third-order valence-electron chi connectivity index (χ3n) is 4.45. The van der Waals surface area contributed by atoms with Crippen LogP contribution in [0.5, 0.6) is 0 Å². The minimum atomic E-state index is -0.848. The van der Waals surface area contributed by atoms with E-state index >= 15 is 0 Å². The van der Waals surface area contributed by atoms with Crippen molar-refractivity contribution in [2.24, 2.45) is 5.92 Å². The maximum atomic E-state index is 12.3. The first-order valence-electron chi connectivity index (χ1n) is 9.12. The fourth-order valence-electron chi connectivity index (χ4n) is 2.84. The van der Waals surface area contributed by atoms with Crippen molar-refractivity contribution in [2.45, 2.75) is 6.42 Å². The Morgan fingerprint density at radius 2 is 1.78 bits per heavy atom. The molecule has 0 radical (unpaired) electrons. The molecule has 32 heavy (non-hydrogen) atoms. The van der Waals surface area contributed by atoms with Crippen LogP contribution in [-0.2, 0) is 19.1 Å². The number of hydrazine groups is 1. The third kappa shape index (κ3) is 5.83. The average Bonchev–Trinajstić information content (AvgIpc) is 3.12. The molecule has 0 bridgehead atoms. The van der Waals surface area contributed by atoms with Crippen molar-refractivity contribution in [3.8, 4) is 0 Å².